The number of aromatic nitrogens is 2. The molecule has 33 heavy (non-hydrogen) atoms. The van der Waals surface area contributed by atoms with E-state index in [4.69, 9.17) is 9.47 Å². The van der Waals surface area contributed by atoms with Gasteiger partial charge in [0.15, 0.2) is 0 Å². The summed E-state index contributed by atoms with van der Waals surface area (Å²) in [5, 5.41) is 11.3. The van der Waals surface area contributed by atoms with Crippen LogP contribution in [0.15, 0.2) is 97.1 Å². The molecule has 0 saturated carbocycles. The molecule has 166 valence electrons. The molecule has 6 heteroatoms. The number of rotatable bonds is 9. The summed E-state index contributed by atoms with van der Waals surface area (Å²) < 4.78 is 10.8. The van der Waals surface area contributed by atoms with Crippen molar-refractivity contribution in [1.29, 1.82) is 0 Å². The maximum Gasteiger partial charge on any atom is 0.233 e. The van der Waals surface area contributed by atoms with Crippen molar-refractivity contribution >= 4 is 5.91 Å². The number of amides is 1. The molecule has 1 aromatic heterocycles. The van der Waals surface area contributed by atoms with Crippen LogP contribution in [-0.4, -0.2) is 36.4 Å². The van der Waals surface area contributed by atoms with E-state index in [-0.39, 0.29) is 11.8 Å². The molecule has 4 rings (SSSR count). The normalized spacial score (nSPS) is 10.6. The first kappa shape index (κ1) is 22.0. The highest BCUT2D eigenvalue weighted by Crippen LogP contribution is 2.25. The summed E-state index contributed by atoms with van der Waals surface area (Å²) in [5.74, 6) is 0.743. The van der Waals surface area contributed by atoms with Crippen LogP contribution >= 0.6 is 0 Å². The first-order valence-electron chi connectivity index (χ1n) is 10.7. The van der Waals surface area contributed by atoms with Crippen LogP contribution in [-0.2, 0) is 4.79 Å². The zero-order valence-corrected chi connectivity index (χ0v) is 18.3. The van der Waals surface area contributed by atoms with Gasteiger partial charge in [0.25, 0.3) is 0 Å². The van der Waals surface area contributed by atoms with Gasteiger partial charge in [-0.1, -0.05) is 60.7 Å². The minimum atomic E-state index is -0.379. The van der Waals surface area contributed by atoms with Crippen LogP contribution in [0.2, 0.25) is 0 Å². The van der Waals surface area contributed by atoms with Crippen molar-refractivity contribution in [3.63, 3.8) is 0 Å². The van der Waals surface area contributed by atoms with Gasteiger partial charge in [0.05, 0.1) is 25.3 Å². The molecule has 0 radical (unpaired) electrons. The minimum Gasteiger partial charge on any atom is -0.497 e. The maximum atomic E-state index is 13.0. The Morgan fingerprint density at radius 1 is 0.818 bits per heavy atom. The number of nitrogens with one attached hydrogen (secondary N) is 1. The molecule has 1 N–H and O–H groups in total. The summed E-state index contributed by atoms with van der Waals surface area (Å²) in [7, 11) is 1.63. The Morgan fingerprint density at radius 2 is 1.45 bits per heavy atom. The Labute approximate surface area is 193 Å². The monoisotopic (exact) mass is 439 g/mol. The van der Waals surface area contributed by atoms with Crippen molar-refractivity contribution in [3.8, 4) is 22.9 Å². The van der Waals surface area contributed by atoms with E-state index in [2.05, 4.69) is 15.5 Å². The number of hydrogen-bond acceptors (Lipinski definition) is 5. The van der Waals surface area contributed by atoms with E-state index < -0.39 is 0 Å². The predicted octanol–water partition coefficient (Wildman–Crippen LogP) is 4.48. The highest BCUT2D eigenvalue weighted by atomic mass is 16.5. The molecule has 6 nitrogen and oxygen atoms in total. The second-order valence-electron chi connectivity index (χ2n) is 7.38. The minimum absolute atomic E-state index is 0.0723. The summed E-state index contributed by atoms with van der Waals surface area (Å²) in [4.78, 5) is 13.0. The van der Waals surface area contributed by atoms with Crippen LogP contribution in [0.4, 0.5) is 0 Å². The van der Waals surface area contributed by atoms with Gasteiger partial charge in [0.2, 0.25) is 11.8 Å². The van der Waals surface area contributed by atoms with E-state index in [0.717, 1.165) is 28.1 Å². The fourth-order valence-corrected chi connectivity index (χ4v) is 3.53. The van der Waals surface area contributed by atoms with Crippen molar-refractivity contribution in [3.05, 3.63) is 108 Å². The fraction of sp³-hybridized carbons (Fsp3) is 0.148. The van der Waals surface area contributed by atoms with E-state index in [9.17, 15) is 4.79 Å². The second kappa shape index (κ2) is 10.9. The maximum absolute atomic E-state index is 13.0. The van der Waals surface area contributed by atoms with Gasteiger partial charge in [0.1, 0.15) is 12.4 Å². The van der Waals surface area contributed by atoms with Crippen molar-refractivity contribution in [2.24, 2.45) is 0 Å². The molecule has 1 amide bonds. The SMILES string of the molecule is COc1ccc(-c2ccc(OCCNC(=O)C(c3ccccc3)c3ccccc3)nn2)cc1. The van der Waals surface area contributed by atoms with Crippen LogP contribution in [0.5, 0.6) is 11.6 Å². The van der Waals surface area contributed by atoms with Crippen molar-refractivity contribution in [2.75, 3.05) is 20.3 Å². The standard InChI is InChI=1S/C27H25N3O3/c1-32-23-14-12-20(13-15-23)24-16-17-25(30-29-24)33-19-18-28-27(31)26(21-8-4-2-5-9-21)22-10-6-3-7-11-22/h2-17,26H,18-19H2,1H3,(H,28,31). The number of carbonyl (C=O) groups is 1. The Morgan fingerprint density at radius 3 is 2.00 bits per heavy atom. The number of ether oxygens (including phenoxy) is 2. The zero-order valence-electron chi connectivity index (χ0n) is 18.3. The van der Waals surface area contributed by atoms with E-state index in [0.29, 0.717) is 19.0 Å². The van der Waals surface area contributed by atoms with Crippen LogP contribution < -0.4 is 14.8 Å². The first-order valence-corrected chi connectivity index (χ1v) is 10.7. The van der Waals surface area contributed by atoms with Gasteiger partial charge in [-0.3, -0.25) is 4.79 Å². The third-order valence-electron chi connectivity index (χ3n) is 5.21. The quantitative estimate of drug-likeness (QED) is 0.389. The Hall–Kier alpha value is -4.19. The Balaban J connectivity index is 1.32. The second-order valence-corrected chi connectivity index (χ2v) is 7.38. The largest absolute Gasteiger partial charge is 0.497 e. The van der Waals surface area contributed by atoms with Crippen molar-refractivity contribution in [1.82, 2.24) is 15.5 Å². The van der Waals surface area contributed by atoms with Gasteiger partial charge in [-0.2, -0.15) is 0 Å². The van der Waals surface area contributed by atoms with Crippen molar-refractivity contribution < 1.29 is 14.3 Å². The Bertz CT molecular complexity index is 1110. The fourth-order valence-electron chi connectivity index (χ4n) is 3.53. The van der Waals surface area contributed by atoms with E-state index in [1.807, 2.05) is 91.0 Å². The highest BCUT2D eigenvalue weighted by molar-refractivity contribution is 5.87. The predicted molar refractivity (Wildman–Crippen MR) is 127 cm³/mol. The molecule has 0 fully saturated rings. The molecule has 0 atom stereocenters. The number of nitrogens with zero attached hydrogens (tertiary/aromatic N) is 2. The van der Waals surface area contributed by atoms with Gasteiger partial charge in [-0.05, 0) is 41.5 Å². The van der Waals surface area contributed by atoms with Gasteiger partial charge in [-0.15, -0.1) is 10.2 Å². The topological polar surface area (TPSA) is 73.3 Å². The number of hydrogen-bond donors (Lipinski definition) is 1. The van der Waals surface area contributed by atoms with Crippen molar-refractivity contribution in [2.45, 2.75) is 5.92 Å². The van der Waals surface area contributed by atoms with Crippen LogP contribution in [0.3, 0.4) is 0 Å². The molecule has 1 heterocycles. The van der Waals surface area contributed by atoms with Crippen LogP contribution in [0.25, 0.3) is 11.3 Å². The van der Waals surface area contributed by atoms with Crippen LogP contribution in [0.1, 0.15) is 17.0 Å². The van der Waals surface area contributed by atoms with E-state index in [1.54, 1.807) is 13.2 Å². The highest BCUT2D eigenvalue weighted by Gasteiger charge is 2.22. The lowest BCUT2D eigenvalue weighted by atomic mass is 9.90. The molecule has 0 aliphatic heterocycles. The lowest BCUT2D eigenvalue weighted by molar-refractivity contribution is -0.121. The summed E-state index contributed by atoms with van der Waals surface area (Å²) in [6.45, 7) is 0.648. The molecule has 0 spiro atoms. The first-order chi connectivity index (χ1) is 16.2. The third kappa shape index (κ3) is 5.74. The average Bonchev–Trinajstić information content (AvgIpc) is 2.88. The molecule has 0 aliphatic rings. The summed E-state index contributed by atoms with van der Waals surface area (Å²) in [6.07, 6.45) is 0. The summed E-state index contributed by atoms with van der Waals surface area (Å²) >= 11 is 0. The molecule has 3 aromatic carbocycles. The lowest BCUT2D eigenvalue weighted by Crippen LogP contribution is -2.33. The number of carbonyl (C=O) groups excluding carboxylic acids is 1. The van der Waals surface area contributed by atoms with Gasteiger partial charge < -0.3 is 14.8 Å². The van der Waals surface area contributed by atoms with Gasteiger partial charge in [0, 0.05) is 11.6 Å². The van der Waals surface area contributed by atoms with E-state index >= 15 is 0 Å². The molecule has 0 bridgehead atoms. The van der Waals surface area contributed by atoms with Crippen LogP contribution in [0, 0.1) is 0 Å². The number of benzene rings is 3. The third-order valence-corrected chi connectivity index (χ3v) is 5.21. The number of methoxy groups -OCH3 is 1. The molecule has 4 aromatic rings. The lowest BCUT2D eigenvalue weighted by Gasteiger charge is -2.18. The zero-order chi connectivity index (χ0) is 22.9. The van der Waals surface area contributed by atoms with Gasteiger partial charge in [-0.25, -0.2) is 0 Å². The smallest absolute Gasteiger partial charge is 0.233 e. The Kier molecular flexibility index (Phi) is 7.28. The van der Waals surface area contributed by atoms with Gasteiger partial charge >= 0.3 is 0 Å². The summed E-state index contributed by atoms with van der Waals surface area (Å²) in [6, 6.07) is 30.7. The molecular formula is C27H25N3O3. The summed E-state index contributed by atoms with van der Waals surface area (Å²) in [5.41, 5.74) is 3.58. The molecule has 0 saturated heterocycles. The average molecular weight is 440 g/mol. The molecular weight excluding hydrogens is 414 g/mol. The van der Waals surface area contributed by atoms with E-state index in [1.165, 1.54) is 0 Å². The molecule has 0 aliphatic carbocycles. The molecule has 0 unspecified atom stereocenters.